The van der Waals surface area contributed by atoms with Crippen molar-refractivity contribution in [2.45, 2.75) is 0 Å². The lowest BCUT2D eigenvalue weighted by molar-refractivity contribution is 1.69. The first-order valence-corrected chi connectivity index (χ1v) is 10.5. The van der Waals surface area contributed by atoms with Crippen molar-refractivity contribution < 1.29 is 27.4 Å². The lowest BCUT2D eigenvalue weighted by atomic mass is 9.85. The first kappa shape index (κ1) is 7.55. The van der Waals surface area contributed by atoms with Crippen molar-refractivity contribution in [1.29, 1.82) is 0 Å². The van der Waals surface area contributed by atoms with E-state index in [1.165, 1.54) is 0 Å². The van der Waals surface area contributed by atoms with Gasteiger partial charge in [0.15, 0.2) is 0 Å². The van der Waals surface area contributed by atoms with Gasteiger partial charge in [0.2, 0.25) is 0 Å². The van der Waals surface area contributed by atoms with Crippen molar-refractivity contribution >= 4 is 53.7 Å². The molecule has 1 heteroatoms. The van der Waals surface area contributed by atoms with Crippen molar-refractivity contribution in [3.05, 3.63) is 120 Å². The van der Waals surface area contributed by atoms with Crippen molar-refractivity contribution in [1.82, 2.24) is 0 Å². The molecular weight excluding hydrogens is 416 g/mol. The van der Waals surface area contributed by atoms with E-state index in [-0.39, 0.29) is 15.6 Å². The molecule has 0 N–H and O–H groups in total. The van der Waals surface area contributed by atoms with Crippen molar-refractivity contribution in [3.8, 4) is 22.3 Å². The summed E-state index contributed by atoms with van der Waals surface area (Å²) in [5, 5.41) is -3.70. The van der Waals surface area contributed by atoms with Gasteiger partial charge in [-0.25, -0.2) is 0 Å². The van der Waals surface area contributed by atoms with Gasteiger partial charge in [-0.2, -0.15) is 0 Å². The second kappa shape index (κ2) is 7.30. The molecule has 0 radical (unpaired) electrons. The topological polar surface area (TPSA) is 0 Å². The summed E-state index contributed by atoms with van der Waals surface area (Å²) in [6, 6.07) is -14.4. The molecule has 1 aromatic heterocycles. The molecule has 0 bridgehead atoms. The Morgan fingerprint density at radius 1 is 0.485 bits per heavy atom. The molecule has 6 aromatic carbocycles. The number of thiophene rings is 1. The lowest BCUT2D eigenvalue weighted by Gasteiger charge is -2.17. The van der Waals surface area contributed by atoms with Gasteiger partial charge in [-0.05, 0) is 66.4 Å². The summed E-state index contributed by atoms with van der Waals surface area (Å²) in [6.07, 6.45) is 0. The molecule has 0 amide bonds. The highest BCUT2D eigenvalue weighted by Crippen LogP contribution is 2.46. The van der Waals surface area contributed by atoms with Gasteiger partial charge in [-0.3, -0.25) is 0 Å². The molecule has 0 spiro atoms. The molecule has 0 aliphatic heterocycles. The number of fused-ring (bicyclic) bond motifs is 4. The standard InChI is InChI=1S/C32H20S/c1-2-10-22-19-23(18-17-21(22)9-1)31-25-12-3-5-14-27(25)32(28-15-6-4-13-26(28)31)29-20-33-30-16-8-7-11-24(29)30/h1-20H/i1D,2D,3D,4D,5D,6D,7D,8D,9D,10D,11D,12D,13D,14D,15D,16D,17D,18D,19D,20D. The Morgan fingerprint density at radius 2 is 1.03 bits per heavy atom. The van der Waals surface area contributed by atoms with E-state index in [0.717, 1.165) is 0 Å². The fourth-order valence-electron chi connectivity index (χ4n) is 3.91. The quantitative estimate of drug-likeness (QED) is 0.227. The van der Waals surface area contributed by atoms with E-state index in [1.807, 2.05) is 0 Å². The maximum Gasteiger partial charge on any atom is 0.0747 e. The molecular formula is C32H20S. The summed E-state index contributed by atoms with van der Waals surface area (Å²) >= 11 is 0.619. The minimum absolute atomic E-state index is 0.104. The third-order valence-electron chi connectivity index (χ3n) is 5.28. The molecule has 1 heterocycles. The molecule has 0 aliphatic rings. The zero-order valence-electron chi connectivity index (χ0n) is 36.4. The van der Waals surface area contributed by atoms with Crippen LogP contribution in [0.3, 0.4) is 0 Å². The smallest absolute Gasteiger partial charge is 0.0747 e. The Morgan fingerprint density at radius 3 is 1.73 bits per heavy atom. The molecule has 0 atom stereocenters. The second-order valence-corrected chi connectivity index (χ2v) is 7.85. The summed E-state index contributed by atoms with van der Waals surface area (Å²) in [6.45, 7) is 0. The highest BCUT2D eigenvalue weighted by Gasteiger charge is 2.18. The van der Waals surface area contributed by atoms with Gasteiger partial charge >= 0.3 is 0 Å². The van der Waals surface area contributed by atoms with E-state index in [2.05, 4.69) is 0 Å². The van der Waals surface area contributed by atoms with Crippen LogP contribution in [0.1, 0.15) is 27.4 Å². The fourth-order valence-corrected chi connectivity index (χ4v) is 4.68. The summed E-state index contributed by atoms with van der Waals surface area (Å²) < 4.78 is 175. The number of hydrogen-bond donors (Lipinski definition) is 0. The van der Waals surface area contributed by atoms with Gasteiger partial charge in [-0.15, -0.1) is 11.3 Å². The molecule has 0 saturated carbocycles. The van der Waals surface area contributed by atoms with Crippen LogP contribution in [0, 0.1) is 0 Å². The average molecular weight is 457 g/mol. The molecule has 7 aromatic rings. The van der Waals surface area contributed by atoms with E-state index in [1.54, 1.807) is 0 Å². The third-order valence-corrected chi connectivity index (χ3v) is 6.10. The van der Waals surface area contributed by atoms with E-state index in [4.69, 9.17) is 26.0 Å². The summed E-state index contributed by atoms with van der Waals surface area (Å²) in [5.74, 6) is 0. The Bertz CT molecular complexity index is 2810. The predicted molar refractivity (Wildman–Crippen MR) is 145 cm³/mol. The monoisotopic (exact) mass is 456 g/mol. The summed E-state index contributed by atoms with van der Waals surface area (Å²) in [4.78, 5) is 0. The van der Waals surface area contributed by atoms with Gasteiger partial charge in [0.25, 0.3) is 0 Å². The Kier molecular flexibility index (Phi) is 1.67. The van der Waals surface area contributed by atoms with E-state index >= 15 is 0 Å². The van der Waals surface area contributed by atoms with Crippen LogP contribution in [0.2, 0.25) is 0 Å². The first-order chi connectivity index (χ1) is 24.7. The first-order valence-electron chi connectivity index (χ1n) is 19.7. The molecule has 0 aliphatic carbocycles. The number of rotatable bonds is 2. The maximum atomic E-state index is 9.29. The van der Waals surface area contributed by atoms with Gasteiger partial charge in [0, 0.05) is 15.6 Å². The molecule has 33 heavy (non-hydrogen) atoms. The van der Waals surface area contributed by atoms with Crippen LogP contribution >= 0.6 is 11.3 Å². The molecule has 0 nitrogen and oxygen atoms in total. The largest absolute Gasteiger partial charge is 0.143 e. The van der Waals surface area contributed by atoms with Crippen LogP contribution in [-0.2, 0) is 0 Å². The van der Waals surface area contributed by atoms with Gasteiger partial charge in [-0.1, -0.05) is 103 Å². The Labute approximate surface area is 224 Å². The van der Waals surface area contributed by atoms with Crippen LogP contribution in [0.25, 0.3) is 64.7 Å². The average Bonchev–Trinajstić information content (AvgIpc) is 3.48. The minimum atomic E-state index is -0.848. The molecule has 7 rings (SSSR count). The molecule has 0 saturated heterocycles. The van der Waals surface area contributed by atoms with Crippen LogP contribution in [-0.4, -0.2) is 0 Å². The maximum absolute atomic E-state index is 9.29. The highest BCUT2D eigenvalue weighted by molar-refractivity contribution is 7.17. The third kappa shape index (κ3) is 2.83. The van der Waals surface area contributed by atoms with Crippen LogP contribution < -0.4 is 0 Å². The van der Waals surface area contributed by atoms with Gasteiger partial charge in [0.1, 0.15) is 0 Å². The zero-order valence-corrected chi connectivity index (χ0v) is 17.2. The van der Waals surface area contributed by atoms with Crippen LogP contribution in [0.5, 0.6) is 0 Å². The van der Waals surface area contributed by atoms with E-state index < -0.39 is 169 Å². The SMILES string of the molecule is [2H]c1sc2c([2H])c([2H])c([2H])c([2H])c2c1-c1c2c([2H])c([2H])c([2H])c([2H])c2c(-c2c([2H])c([2H])c3c([2H])c([2H])c([2H])c([2H])c3c2[2H])c2c([2H])c([2H])c([2H])c([2H])c12. The minimum Gasteiger partial charge on any atom is -0.143 e. The van der Waals surface area contributed by atoms with Gasteiger partial charge in [0.05, 0.1) is 27.4 Å². The normalized spacial score (nSPS) is 20.1. The number of benzene rings is 6. The Hall–Kier alpha value is -3.94. The summed E-state index contributed by atoms with van der Waals surface area (Å²) in [5.41, 5.74) is -1.89. The van der Waals surface area contributed by atoms with Crippen molar-refractivity contribution in [2.75, 3.05) is 0 Å². The van der Waals surface area contributed by atoms with Crippen molar-refractivity contribution in [3.63, 3.8) is 0 Å². The molecule has 0 unspecified atom stereocenters. The fraction of sp³-hybridized carbons (Fsp3) is 0. The second-order valence-electron chi connectivity index (χ2n) is 7.03. The highest BCUT2D eigenvalue weighted by atomic mass is 32.1. The van der Waals surface area contributed by atoms with Gasteiger partial charge < -0.3 is 0 Å². The summed E-state index contributed by atoms with van der Waals surface area (Å²) in [7, 11) is 0. The van der Waals surface area contributed by atoms with Crippen LogP contribution in [0.4, 0.5) is 0 Å². The molecule has 154 valence electrons. The number of hydrogen-bond acceptors (Lipinski definition) is 1. The van der Waals surface area contributed by atoms with E-state index in [9.17, 15) is 1.37 Å². The van der Waals surface area contributed by atoms with E-state index in [0.29, 0.717) is 11.3 Å². The van der Waals surface area contributed by atoms with Crippen LogP contribution in [0.15, 0.2) is 120 Å². The van der Waals surface area contributed by atoms with Crippen molar-refractivity contribution in [2.24, 2.45) is 0 Å². The zero-order chi connectivity index (χ0) is 39.2. The predicted octanol–water partition coefficient (Wildman–Crippen LogP) is 9.69. The molecule has 0 fully saturated rings. The Balaban J connectivity index is 1.92. The lowest BCUT2D eigenvalue weighted by Crippen LogP contribution is -1.90.